The molecule has 1 aliphatic carbocycles. The van der Waals surface area contributed by atoms with E-state index in [1.807, 2.05) is 13.8 Å². The van der Waals surface area contributed by atoms with Crippen LogP contribution < -0.4 is 0 Å². The van der Waals surface area contributed by atoms with E-state index in [1.165, 1.54) is 66.1 Å². The molecule has 0 saturated carbocycles. The van der Waals surface area contributed by atoms with E-state index in [1.54, 1.807) is 0 Å². The molecule has 30 heavy (non-hydrogen) atoms. The number of rotatable bonds is 0. The van der Waals surface area contributed by atoms with Crippen LogP contribution in [0, 0.1) is 55.4 Å². The summed E-state index contributed by atoms with van der Waals surface area (Å²) >= 11 is 0. The summed E-state index contributed by atoms with van der Waals surface area (Å²) in [7, 11) is 0. The Balaban J connectivity index is 2.36. The predicted molar refractivity (Wildman–Crippen MR) is 126 cm³/mol. The van der Waals surface area contributed by atoms with Gasteiger partial charge >= 0.3 is 0 Å². The lowest BCUT2D eigenvalue weighted by Crippen LogP contribution is -2.33. The topological polar surface area (TPSA) is 34.1 Å². The maximum absolute atomic E-state index is 12.7. The third-order valence-corrected chi connectivity index (χ3v) is 8.18. The SMILES string of the molecule is Cc1c(C)c(C)c2c(C)c3c(C)c4c(c(C)c3c(C)c2c1C)C(C)C(=O)C(=O)C4C. The maximum atomic E-state index is 12.7. The molecule has 0 spiro atoms. The Morgan fingerprint density at radius 3 is 0.967 bits per heavy atom. The summed E-state index contributed by atoms with van der Waals surface area (Å²) in [5.41, 5.74) is 12.5. The first-order valence-corrected chi connectivity index (χ1v) is 11.0. The normalized spacial score (nSPS) is 19.1. The van der Waals surface area contributed by atoms with E-state index in [0.29, 0.717) is 0 Å². The Bertz CT molecular complexity index is 1220. The Kier molecular flexibility index (Phi) is 4.51. The monoisotopic (exact) mass is 400 g/mol. The van der Waals surface area contributed by atoms with E-state index in [4.69, 9.17) is 0 Å². The molecule has 4 rings (SSSR count). The zero-order chi connectivity index (χ0) is 22.4. The van der Waals surface area contributed by atoms with Crippen LogP contribution in [0.25, 0.3) is 21.5 Å². The van der Waals surface area contributed by atoms with Gasteiger partial charge in [-0.25, -0.2) is 0 Å². The summed E-state index contributed by atoms with van der Waals surface area (Å²) in [4.78, 5) is 25.4. The van der Waals surface area contributed by atoms with Crippen molar-refractivity contribution >= 4 is 33.1 Å². The molecule has 2 atom stereocenters. The number of carbonyl (C=O) groups excluding carboxylic acids is 2. The average molecular weight is 401 g/mol. The van der Waals surface area contributed by atoms with E-state index >= 15 is 0 Å². The first-order valence-electron chi connectivity index (χ1n) is 11.0. The van der Waals surface area contributed by atoms with E-state index in [0.717, 1.165) is 11.1 Å². The highest BCUT2D eigenvalue weighted by molar-refractivity contribution is 6.42. The van der Waals surface area contributed by atoms with Crippen LogP contribution in [0.15, 0.2) is 0 Å². The summed E-state index contributed by atoms with van der Waals surface area (Å²) in [5.74, 6) is -1.23. The van der Waals surface area contributed by atoms with Crippen LogP contribution in [0.4, 0.5) is 0 Å². The van der Waals surface area contributed by atoms with Crippen molar-refractivity contribution in [1.29, 1.82) is 0 Å². The second-order valence-corrected chi connectivity index (χ2v) is 9.50. The molecule has 1 aliphatic rings. The van der Waals surface area contributed by atoms with Crippen LogP contribution >= 0.6 is 0 Å². The molecule has 0 aromatic heterocycles. The molecule has 0 heterocycles. The number of fused-ring (bicyclic) bond motifs is 3. The van der Waals surface area contributed by atoms with Gasteiger partial charge in [0.15, 0.2) is 0 Å². The highest BCUT2D eigenvalue weighted by Gasteiger charge is 2.39. The third kappa shape index (κ3) is 2.31. The summed E-state index contributed by atoms with van der Waals surface area (Å²) in [6.07, 6.45) is 0. The Labute approximate surface area is 179 Å². The standard InChI is InChI=1S/C28H32O2/c1-11-12(2)14(4)22-16(6)24-18(8)26-20(10)28(30)27(29)19(9)25(26)17(7)23(24)15(5)21(22)13(11)3/h19-20H,1-10H3. The van der Waals surface area contributed by atoms with Gasteiger partial charge in [-0.05, 0) is 133 Å². The second kappa shape index (κ2) is 6.51. The van der Waals surface area contributed by atoms with Crippen LogP contribution in [0.5, 0.6) is 0 Å². The van der Waals surface area contributed by atoms with Gasteiger partial charge in [0.1, 0.15) is 0 Å². The lowest BCUT2D eigenvalue weighted by atomic mass is 9.70. The number of benzene rings is 3. The van der Waals surface area contributed by atoms with Crippen molar-refractivity contribution in [2.75, 3.05) is 0 Å². The van der Waals surface area contributed by atoms with Crippen LogP contribution in [-0.4, -0.2) is 11.6 Å². The van der Waals surface area contributed by atoms with Crippen molar-refractivity contribution in [3.8, 4) is 0 Å². The van der Waals surface area contributed by atoms with Crippen molar-refractivity contribution in [3.05, 3.63) is 55.6 Å². The molecule has 0 N–H and O–H groups in total. The highest BCUT2D eigenvalue weighted by atomic mass is 16.2. The molecule has 0 radical (unpaired) electrons. The molecule has 0 aliphatic heterocycles. The summed E-state index contributed by atoms with van der Waals surface area (Å²) in [6.45, 7) is 21.4. The van der Waals surface area contributed by atoms with Crippen LogP contribution in [0.2, 0.25) is 0 Å². The van der Waals surface area contributed by atoms with Crippen molar-refractivity contribution in [3.63, 3.8) is 0 Å². The van der Waals surface area contributed by atoms with Crippen molar-refractivity contribution < 1.29 is 9.59 Å². The van der Waals surface area contributed by atoms with Gasteiger partial charge in [-0.1, -0.05) is 13.8 Å². The fraction of sp³-hybridized carbons (Fsp3) is 0.429. The number of carbonyl (C=O) groups is 2. The van der Waals surface area contributed by atoms with E-state index in [-0.39, 0.29) is 23.4 Å². The molecule has 156 valence electrons. The van der Waals surface area contributed by atoms with Crippen molar-refractivity contribution in [2.24, 2.45) is 0 Å². The minimum absolute atomic E-state index is 0.245. The Morgan fingerprint density at radius 2 is 0.667 bits per heavy atom. The molecule has 0 bridgehead atoms. The van der Waals surface area contributed by atoms with Gasteiger partial charge in [0.05, 0.1) is 0 Å². The second-order valence-electron chi connectivity index (χ2n) is 9.50. The van der Waals surface area contributed by atoms with Crippen LogP contribution in [-0.2, 0) is 9.59 Å². The highest BCUT2D eigenvalue weighted by Crippen LogP contribution is 2.47. The number of hydrogen-bond acceptors (Lipinski definition) is 2. The molecular formula is C28H32O2. The maximum Gasteiger partial charge on any atom is 0.206 e. The van der Waals surface area contributed by atoms with Crippen molar-refractivity contribution in [2.45, 2.75) is 81.1 Å². The summed E-state index contributed by atoms with van der Waals surface area (Å²) in [6, 6.07) is 0. The number of hydrogen-bond donors (Lipinski definition) is 0. The lowest BCUT2D eigenvalue weighted by molar-refractivity contribution is -0.138. The molecule has 0 saturated heterocycles. The van der Waals surface area contributed by atoms with Gasteiger partial charge in [-0.2, -0.15) is 0 Å². The van der Waals surface area contributed by atoms with Gasteiger partial charge in [0, 0.05) is 11.8 Å². The molecule has 2 unspecified atom stereocenters. The molecule has 3 aromatic rings. The predicted octanol–water partition coefficient (Wildman–Crippen LogP) is 6.82. The van der Waals surface area contributed by atoms with E-state index in [2.05, 4.69) is 55.4 Å². The molecule has 3 aromatic carbocycles. The van der Waals surface area contributed by atoms with E-state index < -0.39 is 0 Å². The van der Waals surface area contributed by atoms with Gasteiger partial charge < -0.3 is 0 Å². The fourth-order valence-electron chi connectivity index (χ4n) is 6.29. The minimum atomic E-state index is -0.371. The summed E-state index contributed by atoms with van der Waals surface area (Å²) in [5, 5.41) is 5.23. The Morgan fingerprint density at radius 1 is 0.400 bits per heavy atom. The number of Topliss-reactive ketones (excluding diaryl/α,β-unsaturated/α-hetero) is 2. The molecule has 0 fully saturated rings. The average Bonchev–Trinajstić information content (AvgIpc) is 2.70. The minimum Gasteiger partial charge on any atom is -0.290 e. The van der Waals surface area contributed by atoms with Crippen molar-refractivity contribution in [1.82, 2.24) is 0 Å². The zero-order valence-electron chi connectivity index (χ0n) is 20.0. The van der Waals surface area contributed by atoms with Crippen LogP contribution in [0.3, 0.4) is 0 Å². The smallest absolute Gasteiger partial charge is 0.206 e. The van der Waals surface area contributed by atoms with E-state index in [9.17, 15) is 9.59 Å². The number of ketones is 2. The first kappa shape index (κ1) is 20.8. The molecular weight excluding hydrogens is 368 g/mol. The quantitative estimate of drug-likeness (QED) is 0.306. The molecule has 2 nitrogen and oxygen atoms in total. The first-order chi connectivity index (χ1) is 13.9. The van der Waals surface area contributed by atoms with Gasteiger partial charge in [0.25, 0.3) is 0 Å². The molecule has 2 heteroatoms. The largest absolute Gasteiger partial charge is 0.290 e. The summed E-state index contributed by atoms with van der Waals surface area (Å²) < 4.78 is 0. The zero-order valence-corrected chi connectivity index (χ0v) is 20.0. The molecule has 0 amide bonds. The third-order valence-electron chi connectivity index (χ3n) is 8.18. The van der Waals surface area contributed by atoms with Crippen LogP contribution in [0.1, 0.15) is 81.3 Å². The van der Waals surface area contributed by atoms with Gasteiger partial charge in [-0.3, -0.25) is 9.59 Å². The lowest BCUT2D eigenvalue weighted by Gasteiger charge is -2.32. The number of aryl methyl sites for hydroxylation is 6. The fourth-order valence-corrected chi connectivity index (χ4v) is 6.29. The Hall–Kier alpha value is -2.48. The van der Waals surface area contributed by atoms with Gasteiger partial charge in [-0.15, -0.1) is 0 Å². The van der Waals surface area contributed by atoms with Gasteiger partial charge in [0.2, 0.25) is 11.6 Å².